The van der Waals surface area contributed by atoms with Gasteiger partial charge in [-0.2, -0.15) is 0 Å². The Hall–Kier alpha value is -2.40. The molecule has 1 heterocycles. The highest BCUT2D eigenvalue weighted by molar-refractivity contribution is 8.00. The number of carbonyl (C=O) groups is 1. The van der Waals surface area contributed by atoms with Gasteiger partial charge in [-0.25, -0.2) is 0 Å². The first-order valence-corrected chi connectivity index (χ1v) is 8.68. The van der Waals surface area contributed by atoms with Crippen molar-refractivity contribution in [3.63, 3.8) is 0 Å². The minimum Gasteiger partial charge on any atom is -0.293 e. The molecule has 0 aliphatic rings. The summed E-state index contributed by atoms with van der Waals surface area (Å²) in [4.78, 5) is 12.6. The van der Waals surface area contributed by atoms with Crippen LogP contribution < -0.4 is 0 Å². The monoisotopic (exact) mass is 337 g/mol. The number of hydrogen-bond acceptors (Lipinski definition) is 4. The van der Waals surface area contributed by atoms with Gasteiger partial charge in [0, 0.05) is 5.56 Å². The van der Waals surface area contributed by atoms with E-state index in [0.717, 1.165) is 27.5 Å². The first kappa shape index (κ1) is 16.5. The smallest absolute Gasteiger partial charge is 0.196 e. The molecule has 0 amide bonds. The van der Waals surface area contributed by atoms with Crippen molar-refractivity contribution in [2.75, 3.05) is 0 Å². The van der Waals surface area contributed by atoms with Crippen molar-refractivity contribution in [2.24, 2.45) is 0 Å². The van der Waals surface area contributed by atoms with Crippen molar-refractivity contribution in [3.8, 4) is 5.69 Å². The van der Waals surface area contributed by atoms with E-state index < -0.39 is 0 Å². The molecule has 4 nitrogen and oxygen atoms in total. The minimum absolute atomic E-state index is 0.0966. The van der Waals surface area contributed by atoms with Crippen molar-refractivity contribution in [2.45, 2.75) is 31.2 Å². The van der Waals surface area contributed by atoms with Crippen LogP contribution in [-0.4, -0.2) is 25.8 Å². The molecular weight excluding hydrogens is 318 g/mol. The molecule has 3 aromatic rings. The largest absolute Gasteiger partial charge is 0.293 e. The Labute approximate surface area is 145 Å². The Morgan fingerprint density at radius 2 is 1.79 bits per heavy atom. The standard InChI is InChI=1S/C19H19N3OS/c1-13-8-10-16(11-9-13)18(23)15(3)24-19-21-20-12-22(19)17-7-5-4-6-14(17)2/h4-12,15H,1-3H3/t15-/m0/s1. The molecule has 0 aliphatic carbocycles. The molecule has 0 saturated heterocycles. The van der Waals surface area contributed by atoms with Crippen LogP contribution in [-0.2, 0) is 0 Å². The van der Waals surface area contributed by atoms with Crippen LogP contribution in [0.4, 0.5) is 0 Å². The van der Waals surface area contributed by atoms with Gasteiger partial charge in [-0.15, -0.1) is 10.2 Å². The highest BCUT2D eigenvalue weighted by atomic mass is 32.2. The zero-order valence-electron chi connectivity index (χ0n) is 13.9. The van der Waals surface area contributed by atoms with Crippen LogP contribution >= 0.6 is 11.8 Å². The molecule has 0 bridgehead atoms. The lowest BCUT2D eigenvalue weighted by atomic mass is 10.1. The summed E-state index contributed by atoms with van der Waals surface area (Å²) >= 11 is 1.43. The maximum Gasteiger partial charge on any atom is 0.196 e. The van der Waals surface area contributed by atoms with Crippen molar-refractivity contribution in [3.05, 3.63) is 71.5 Å². The Morgan fingerprint density at radius 1 is 1.08 bits per heavy atom. The number of para-hydroxylation sites is 1. The third kappa shape index (κ3) is 3.41. The third-order valence-corrected chi connectivity index (χ3v) is 4.94. The van der Waals surface area contributed by atoms with Gasteiger partial charge in [-0.05, 0) is 32.4 Å². The number of aromatic nitrogens is 3. The normalized spacial score (nSPS) is 12.1. The van der Waals surface area contributed by atoms with Gasteiger partial charge in [0.05, 0.1) is 10.9 Å². The van der Waals surface area contributed by atoms with E-state index in [1.54, 1.807) is 6.33 Å². The summed E-state index contributed by atoms with van der Waals surface area (Å²) in [7, 11) is 0. The van der Waals surface area contributed by atoms with Gasteiger partial charge in [-0.3, -0.25) is 9.36 Å². The van der Waals surface area contributed by atoms with Crippen molar-refractivity contribution >= 4 is 17.5 Å². The van der Waals surface area contributed by atoms with E-state index in [0.29, 0.717) is 0 Å². The van der Waals surface area contributed by atoms with E-state index in [1.165, 1.54) is 11.8 Å². The molecule has 0 fully saturated rings. The molecule has 1 atom stereocenters. The number of hydrogen-bond donors (Lipinski definition) is 0. The van der Waals surface area contributed by atoms with Crippen LogP contribution in [0.1, 0.15) is 28.4 Å². The fourth-order valence-corrected chi connectivity index (χ4v) is 3.38. The second-order valence-electron chi connectivity index (χ2n) is 5.76. The fourth-order valence-electron chi connectivity index (χ4n) is 2.47. The van der Waals surface area contributed by atoms with E-state index in [-0.39, 0.29) is 11.0 Å². The summed E-state index contributed by atoms with van der Waals surface area (Å²) in [5.41, 5.74) is 4.03. The number of rotatable bonds is 5. The van der Waals surface area contributed by atoms with Gasteiger partial charge in [-0.1, -0.05) is 59.8 Å². The maximum absolute atomic E-state index is 12.6. The van der Waals surface area contributed by atoms with Crippen LogP contribution in [0.25, 0.3) is 5.69 Å². The average molecular weight is 337 g/mol. The molecule has 0 N–H and O–H groups in total. The number of nitrogens with zero attached hydrogens (tertiary/aromatic N) is 3. The summed E-state index contributed by atoms with van der Waals surface area (Å²) in [6, 6.07) is 15.7. The van der Waals surface area contributed by atoms with Gasteiger partial charge in [0.25, 0.3) is 0 Å². The van der Waals surface area contributed by atoms with Gasteiger partial charge >= 0.3 is 0 Å². The lowest BCUT2D eigenvalue weighted by Crippen LogP contribution is -2.14. The second-order valence-corrected chi connectivity index (χ2v) is 7.07. The minimum atomic E-state index is -0.236. The number of Topliss-reactive ketones (excluding diaryl/α,β-unsaturated/α-hetero) is 1. The van der Waals surface area contributed by atoms with Crippen molar-refractivity contribution < 1.29 is 4.79 Å². The lowest BCUT2D eigenvalue weighted by Gasteiger charge is -2.12. The molecule has 0 spiro atoms. The van der Waals surface area contributed by atoms with E-state index >= 15 is 0 Å². The second kappa shape index (κ2) is 7.01. The number of benzene rings is 2. The first-order chi connectivity index (χ1) is 11.6. The average Bonchev–Trinajstić information content (AvgIpc) is 3.03. The number of ketones is 1. The first-order valence-electron chi connectivity index (χ1n) is 7.80. The predicted molar refractivity (Wildman–Crippen MR) is 96.9 cm³/mol. The Bertz CT molecular complexity index is 855. The predicted octanol–water partition coefficient (Wildman–Crippen LogP) is 4.25. The molecule has 0 aliphatic heterocycles. The van der Waals surface area contributed by atoms with Crippen LogP contribution in [0.3, 0.4) is 0 Å². The summed E-state index contributed by atoms with van der Waals surface area (Å²) in [5, 5.41) is 8.69. The topological polar surface area (TPSA) is 47.8 Å². The van der Waals surface area contributed by atoms with Gasteiger partial charge in [0.1, 0.15) is 6.33 Å². The zero-order chi connectivity index (χ0) is 17.1. The highest BCUT2D eigenvalue weighted by Gasteiger charge is 2.20. The Kier molecular flexibility index (Phi) is 4.81. The molecule has 3 rings (SSSR count). The molecule has 0 unspecified atom stereocenters. The molecule has 0 radical (unpaired) electrons. The molecule has 1 aromatic heterocycles. The summed E-state index contributed by atoms with van der Waals surface area (Å²) < 4.78 is 1.93. The molecule has 5 heteroatoms. The van der Waals surface area contributed by atoms with Crippen molar-refractivity contribution in [1.29, 1.82) is 0 Å². The van der Waals surface area contributed by atoms with E-state index in [4.69, 9.17) is 0 Å². The maximum atomic E-state index is 12.6. The lowest BCUT2D eigenvalue weighted by molar-refractivity contribution is 0.0994. The Balaban J connectivity index is 1.82. The molecular formula is C19H19N3OS. The molecule has 122 valence electrons. The fraction of sp³-hybridized carbons (Fsp3) is 0.211. The summed E-state index contributed by atoms with van der Waals surface area (Å²) in [6.45, 7) is 5.96. The quantitative estimate of drug-likeness (QED) is 0.516. The molecule has 2 aromatic carbocycles. The van der Waals surface area contributed by atoms with E-state index in [9.17, 15) is 4.79 Å². The Morgan fingerprint density at radius 3 is 2.50 bits per heavy atom. The number of aryl methyl sites for hydroxylation is 2. The zero-order valence-corrected chi connectivity index (χ0v) is 14.7. The van der Waals surface area contributed by atoms with Crippen LogP contribution in [0.2, 0.25) is 0 Å². The SMILES string of the molecule is Cc1ccc(C(=O)[C@H](C)Sc2nncn2-c2ccccc2C)cc1. The van der Waals surface area contributed by atoms with E-state index in [2.05, 4.69) is 10.2 Å². The highest BCUT2D eigenvalue weighted by Crippen LogP contribution is 2.27. The van der Waals surface area contributed by atoms with Crippen LogP contribution in [0.15, 0.2) is 60.0 Å². The van der Waals surface area contributed by atoms with Crippen LogP contribution in [0, 0.1) is 13.8 Å². The molecule has 0 saturated carbocycles. The third-order valence-electron chi connectivity index (χ3n) is 3.88. The summed E-state index contributed by atoms with van der Waals surface area (Å²) in [5.74, 6) is 0.0966. The number of carbonyl (C=O) groups excluding carboxylic acids is 1. The van der Waals surface area contributed by atoms with E-state index in [1.807, 2.05) is 73.9 Å². The van der Waals surface area contributed by atoms with Gasteiger partial charge < -0.3 is 0 Å². The van der Waals surface area contributed by atoms with Crippen molar-refractivity contribution in [1.82, 2.24) is 14.8 Å². The summed E-state index contributed by atoms with van der Waals surface area (Å²) in [6.07, 6.45) is 1.69. The van der Waals surface area contributed by atoms with Crippen LogP contribution in [0.5, 0.6) is 0 Å². The van der Waals surface area contributed by atoms with Gasteiger partial charge in [0.2, 0.25) is 0 Å². The van der Waals surface area contributed by atoms with Gasteiger partial charge in [0.15, 0.2) is 10.9 Å². The number of thioether (sulfide) groups is 1. The molecule has 24 heavy (non-hydrogen) atoms.